The Labute approximate surface area is 71.5 Å². The lowest BCUT2D eigenvalue weighted by Gasteiger charge is -1.97. The molecule has 0 spiro atoms. The Balaban J connectivity index is 3.20. The molecule has 2 nitrogen and oxygen atoms in total. The maximum atomic E-state index is 12.9. The zero-order chi connectivity index (χ0) is 8.27. The molecule has 1 aromatic carbocycles. The first-order valence-electron chi connectivity index (χ1n) is 2.96. The molecule has 0 saturated carbocycles. The standard InChI is InChI=1S/C7H5BrFNO/c8-4-5-2-1-3-6(10-11)7(5)9/h1-3H,4H2. The first kappa shape index (κ1) is 8.33. The molecule has 0 aliphatic heterocycles. The highest BCUT2D eigenvalue weighted by atomic mass is 79.9. The van der Waals surface area contributed by atoms with Gasteiger partial charge in [-0.3, -0.25) is 0 Å². The van der Waals surface area contributed by atoms with Crippen LogP contribution in [0.25, 0.3) is 0 Å². The summed E-state index contributed by atoms with van der Waals surface area (Å²) >= 11 is 3.09. The van der Waals surface area contributed by atoms with Gasteiger partial charge in [0.15, 0.2) is 5.82 Å². The first-order chi connectivity index (χ1) is 5.29. The Morgan fingerprint density at radius 1 is 1.55 bits per heavy atom. The van der Waals surface area contributed by atoms with E-state index in [0.29, 0.717) is 10.9 Å². The third-order valence-electron chi connectivity index (χ3n) is 1.30. The fourth-order valence-electron chi connectivity index (χ4n) is 0.740. The second-order valence-electron chi connectivity index (χ2n) is 1.98. The van der Waals surface area contributed by atoms with Crippen molar-refractivity contribution < 1.29 is 4.39 Å². The summed E-state index contributed by atoms with van der Waals surface area (Å²) in [5.41, 5.74) is 0.309. The van der Waals surface area contributed by atoms with Crippen LogP contribution >= 0.6 is 15.9 Å². The van der Waals surface area contributed by atoms with Gasteiger partial charge in [-0.05, 0) is 11.2 Å². The summed E-state index contributed by atoms with van der Waals surface area (Å²) in [6.07, 6.45) is 0. The van der Waals surface area contributed by atoms with Gasteiger partial charge < -0.3 is 0 Å². The van der Waals surface area contributed by atoms with Crippen LogP contribution in [0.15, 0.2) is 23.4 Å². The van der Waals surface area contributed by atoms with Gasteiger partial charge in [0.25, 0.3) is 0 Å². The van der Waals surface area contributed by atoms with Gasteiger partial charge in [-0.25, -0.2) is 4.39 Å². The van der Waals surface area contributed by atoms with Crippen LogP contribution in [0.1, 0.15) is 5.56 Å². The van der Waals surface area contributed by atoms with E-state index >= 15 is 0 Å². The molecule has 0 aliphatic rings. The van der Waals surface area contributed by atoms with Gasteiger partial charge in [-0.15, -0.1) is 4.91 Å². The van der Waals surface area contributed by atoms with Crippen molar-refractivity contribution in [1.82, 2.24) is 0 Å². The van der Waals surface area contributed by atoms with Gasteiger partial charge in [0.05, 0.1) is 0 Å². The lowest BCUT2D eigenvalue weighted by atomic mass is 10.2. The van der Waals surface area contributed by atoms with Crippen LogP contribution in [0.5, 0.6) is 0 Å². The van der Waals surface area contributed by atoms with E-state index < -0.39 is 5.82 Å². The predicted octanol–water partition coefficient (Wildman–Crippen LogP) is 3.12. The van der Waals surface area contributed by atoms with Crippen molar-refractivity contribution in [3.8, 4) is 0 Å². The molecule has 11 heavy (non-hydrogen) atoms. The van der Waals surface area contributed by atoms with Crippen molar-refractivity contribution in [1.29, 1.82) is 0 Å². The Hall–Kier alpha value is -0.770. The molecule has 1 rings (SSSR count). The summed E-state index contributed by atoms with van der Waals surface area (Å²) in [5, 5.41) is 2.92. The van der Waals surface area contributed by atoms with Crippen molar-refractivity contribution in [3.05, 3.63) is 34.5 Å². The summed E-state index contributed by atoms with van der Waals surface area (Å²) in [6, 6.07) is 4.53. The normalized spacial score (nSPS) is 9.64. The maximum Gasteiger partial charge on any atom is 0.156 e. The van der Waals surface area contributed by atoms with Crippen molar-refractivity contribution in [2.75, 3.05) is 0 Å². The third-order valence-corrected chi connectivity index (χ3v) is 1.90. The molecule has 0 unspecified atom stereocenters. The average Bonchev–Trinajstić information content (AvgIpc) is 2.05. The van der Waals surface area contributed by atoms with E-state index in [-0.39, 0.29) is 5.69 Å². The van der Waals surface area contributed by atoms with Gasteiger partial charge in [0.2, 0.25) is 0 Å². The molecule has 0 fully saturated rings. The average molecular weight is 218 g/mol. The molecule has 0 heterocycles. The molecule has 0 amide bonds. The maximum absolute atomic E-state index is 12.9. The molecule has 0 radical (unpaired) electrons. The van der Waals surface area contributed by atoms with Gasteiger partial charge in [-0.1, -0.05) is 28.1 Å². The molecular formula is C7H5BrFNO. The Kier molecular flexibility index (Phi) is 2.70. The van der Waals surface area contributed by atoms with Crippen LogP contribution in [0, 0.1) is 10.7 Å². The highest BCUT2D eigenvalue weighted by Crippen LogP contribution is 2.21. The molecule has 0 bridgehead atoms. The minimum Gasteiger partial charge on any atom is -0.204 e. The first-order valence-corrected chi connectivity index (χ1v) is 4.08. The van der Waals surface area contributed by atoms with Crippen LogP contribution in [0.4, 0.5) is 10.1 Å². The number of nitroso groups, excluding NO2 is 1. The summed E-state index contributed by atoms with van der Waals surface area (Å²) in [7, 11) is 0. The largest absolute Gasteiger partial charge is 0.204 e. The number of alkyl halides is 1. The minimum atomic E-state index is -0.542. The zero-order valence-electron chi connectivity index (χ0n) is 5.55. The lowest BCUT2D eigenvalue weighted by molar-refractivity contribution is 0.619. The smallest absolute Gasteiger partial charge is 0.156 e. The summed E-state index contributed by atoms with van der Waals surface area (Å²) in [5.74, 6) is -0.542. The molecule has 0 N–H and O–H groups in total. The van der Waals surface area contributed by atoms with E-state index in [1.165, 1.54) is 6.07 Å². The van der Waals surface area contributed by atoms with E-state index in [0.717, 1.165) is 0 Å². The SMILES string of the molecule is O=Nc1cccc(CBr)c1F. The van der Waals surface area contributed by atoms with Crippen molar-refractivity contribution in [3.63, 3.8) is 0 Å². The van der Waals surface area contributed by atoms with Gasteiger partial charge in [0, 0.05) is 10.9 Å². The number of halogens is 2. The van der Waals surface area contributed by atoms with Gasteiger partial charge >= 0.3 is 0 Å². The Morgan fingerprint density at radius 2 is 2.27 bits per heavy atom. The number of nitrogens with zero attached hydrogens (tertiary/aromatic N) is 1. The van der Waals surface area contributed by atoms with Crippen molar-refractivity contribution >= 4 is 21.6 Å². The zero-order valence-corrected chi connectivity index (χ0v) is 7.14. The quantitative estimate of drug-likeness (QED) is 0.553. The lowest BCUT2D eigenvalue weighted by Crippen LogP contribution is -1.84. The molecule has 1 aromatic rings. The topological polar surface area (TPSA) is 29.4 Å². The molecule has 0 aliphatic carbocycles. The number of rotatable bonds is 2. The van der Waals surface area contributed by atoms with E-state index in [4.69, 9.17) is 0 Å². The van der Waals surface area contributed by atoms with E-state index in [2.05, 4.69) is 21.1 Å². The number of hydrogen-bond donors (Lipinski definition) is 0. The Morgan fingerprint density at radius 3 is 2.82 bits per heavy atom. The third kappa shape index (κ3) is 1.63. The summed E-state index contributed by atoms with van der Waals surface area (Å²) in [6.45, 7) is 0. The second-order valence-corrected chi connectivity index (χ2v) is 2.54. The van der Waals surface area contributed by atoms with Crippen molar-refractivity contribution in [2.45, 2.75) is 5.33 Å². The number of benzene rings is 1. The predicted molar refractivity (Wildman–Crippen MR) is 44.5 cm³/mol. The molecule has 4 heteroatoms. The molecular weight excluding hydrogens is 213 g/mol. The Bertz CT molecular complexity index is 277. The molecule has 0 aromatic heterocycles. The van der Waals surface area contributed by atoms with E-state index in [1.807, 2.05) is 0 Å². The minimum absolute atomic E-state index is 0.137. The van der Waals surface area contributed by atoms with Crippen LogP contribution < -0.4 is 0 Å². The fraction of sp³-hybridized carbons (Fsp3) is 0.143. The van der Waals surface area contributed by atoms with Crippen molar-refractivity contribution in [2.24, 2.45) is 5.18 Å². The van der Waals surface area contributed by atoms with Crippen LogP contribution in [-0.2, 0) is 5.33 Å². The summed E-state index contributed by atoms with van der Waals surface area (Å²) in [4.78, 5) is 9.99. The second kappa shape index (κ2) is 3.57. The van der Waals surface area contributed by atoms with Crippen LogP contribution in [-0.4, -0.2) is 0 Å². The van der Waals surface area contributed by atoms with E-state index in [1.54, 1.807) is 12.1 Å². The van der Waals surface area contributed by atoms with E-state index in [9.17, 15) is 9.30 Å². The van der Waals surface area contributed by atoms with Gasteiger partial charge in [-0.2, -0.15) is 0 Å². The van der Waals surface area contributed by atoms with Crippen LogP contribution in [0.2, 0.25) is 0 Å². The monoisotopic (exact) mass is 217 g/mol. The molecule has 0 saturated heterocycles. The van der Waals surface area contributed by atoms with Crippen LogP contribution in [0.3, 0.4) is 0 Å². The van der Waals surface area contributed by atoms with Gasteiger partial charge in [0.1, 0.15) is 5.69 Å². The molecule has 58 valence electrons. The highest BCUT2D eigenvalue weighted by molar-refractivity contribution is 9.08. The summed E-state index contributed by atoms with van der Waals surface area (Å²) < 4.78 is 12.9. The highest BCUT2D eigenvalue weighted by Gasteiger charge is 2.05. The fourth-order valence-corrected chi connectivity index (χ4v) is 1.17. The molecule has 0 atom stereocenters. The number of hydrogen-bond acceptors (Lipinski definition) is 2.